The molecule has 0 aliphatic carbocycles. The van der Waals surface area contributed by atoms with Crippen LogP contribution in [0.4, 0.5) is 0 Å². The molecule has 3 rings (SSSR count). The highest BCUT2D eigenvalue weighted by molar-refractivity contribution is 6.30. The SMILES string of the molecule is C=CCOc1ccc(C(=O)N/N=C/c2ccc(OCc3cccc(Cl)c3)c(OCC)c2)cc1OC. The van der Waals surface area contributed by atoms with Gasteiger partial charge in [-0.25, -0.2) is 5.43 Å². The molecule has 35 heavy (non-hydrogen) atoms. The summed E-state index contributed by atoms with van der Waals surface area (Å²) < 4.78 is 22.4. The largest absolute Gasteiger partial charge is 0.493 e. The predicted molar refractivity (Wildman–Crippen MR) is 137 cm³/mol. The van der Waals surface area contributed by atoms with Crippen LogP contribution in [0.15, 0.2) is 78.4 Å². The molecular formula is C27H27ClN2O5. The summed E-state index contributed by atoms with van der Waals surface area (Å²) >= 11 is 6.04. The van der Waals surface area contributed by atoms with E-state index in [1.807, 2.05) is 37.3 Å². The van der Waals surface area contributed by atoms with E-state index in [2.05, 4.69) is 17.1 Å². The van der Waals surface area contributed by atoms with Crippen molar-refractivity contribution < 1.29 is 23.7 Å². The molecule has 0 saturated carbocycles. The number of carbonyl (C=O) groups excluding carboxylic acids is 1. The molecule has 8 heteroatoms. The van der Waals surface area contributed by atoms with Crippen LogP contribution in [0.25, 0.3) is 0 Å². The minimum absolute atomic E-state index is 0.334. The Morgan fingerprint density at radius 2 is 1.80 bits per heavy atom. The molecule has 0 saturated heterocycles. The van der Waals surface area contributed by atoms with E-state index in [-0.39, 0.29) is 5.91 Å². The number of benzene rings is 3. The Kier molecular flexibility index (Phi) is 9.57. The van der Waals surface area contributed by atoms with Gasteiger partial charge < -0.3 is 18.9 Å². The van der Waals surface area contributed by atoms with E-state index in [0.29, 0.717) is 53.4 Å². The Labute approximate surface area is 209 Å². The quantitative estimate of drug-likeness (QED) is 0.200. The highest BCUT2D eigenvalue weighted by atomic mass is 35.5. The van der Waals surface area contributed by atoms with Crippen LogP contribution >= 0.6 is 11.6 Å². The van der Waals surface area contributed by atoms with E-state index in [1.54, 1.807) is 36.4 Å². The van der Waals surface area contributed by atoms with Crippen LogP contribution in [0.3, 0.4) is 0 Å². The fraction of sp³-hybridized carbons (Fsp3) is 0.185. The summed E-state index contributed by atoms with van der Waals surface area (Å²) in [4.78, 5) is 12.5. The first kappa shape index (κ1) is 25.6. The third-order valence-electron chi connectivity index (χ3n) is 4.71. The molecule has 0 radical (unpaired) electrons. The first-order chi connectivity index (χ1) is 17.0. The summed E-state index contributed by atoms with van der Waals surface area (Å²) in [5.74, 6) is 1.75. The first-order valence-corrected chi connectivity index (χ1v) is 11.3. The Hall–Kier alpha value is -3.97. The number of halogens is 1. The second-order valence-corrected chi connectivity index (χ2v) is 7.66. The van der Waals surface area contributed by atoms with E-state index in [9.17, 15) is 4.79 Å². The van der Waals surface area contributed by atoms with Crippen LogP contribution in [-0.2, 0) is 6.61 Å². The van der Waals surface area contributed by atoms with Gasteiger partial charge in [0.05, 0.1) is 19.9 Å². The molecule has 1 amide bonds. The van der Waals surface area contributed by atoms with Gasteiger partial charge in [0.15, 0.2) is 23.0 Å². The number of hydrogen-bond donors (Lipinski definition) is 1. The van der Waals surface area contributed by atoms with Crippen molar-refractivity contribution in [3.63, 3.8) is 0 Å². The maximum Gasteiger partial charge on any atom is 0.271 e. The smallest absolute Gasteiger partial charge is 0.271 e. The maximum absolute atomic E-state index is 12.5. The molecule has 0 aromatic heterocycles. The van der Waals surface area contributed by atoms with Crippen molar-refractivity contribution in [3.8, 4) is 23.0 Å². The predicted octanol–water partition coefficient (Wildman–Crippen LogP) is 5.66. The average molecular weight is 495 g/mol. The molecule has 0 aliphatic heterocycles. The zero-order valence-electron chi connectivity index (χ0n) is 19.6. The molecule has 0 fully saturated rings. The lowest BCUT2D eigenvalue weighted by Crippen LogP contribution is -2.17. The van der Waals surface area contributed by atoms with E-state index in [0.717, 1.165) is 11.1 Å². The van der Waals surface area contributed by atoms with E-state index in [1.165, 1.54) is 13.3 Å². The fourth-order valence-electron chi connectivity index (χ4n) is 3.09. The zero-order valence-corrected chi connectivity index (χ0v) is 20.4. The van der Waals surface area contributed by atoms with E-state index in [4.69, 9.17) is 30.5 Å². The zero-order chi connectivity index (χ0) is 25.0. The number of nitrogens with zero attached hydrogens (tertiary/aromatic N) is 1. The number of hydrazone groups is 1. The Morgan fingerprint density at radius 3 is 2.54 bits per heavy atom. The van der Waals surface area contributed by atoms with Crippen LogP contribution in [0.1, 0.15) is 28.4 Å². The van der Waals surface area contributed by atoms with Crippen LogP contribution in [0.5, 0.6) is 23.0 Å². The normalized spacial score (nSPS) is 10.6. The molecule has 0 bridgehead atoms. The van der Waals surface area contributed by atoms with Gasteiger partial charge in [0.1, 0.15) is 13.2 Å². The van der Waals surface area contributed by atoms with E-state index >= 15 is 0 Å². The lowest BCUT2D eigenvalue weighted by Gasteiger charge is -2.13. The minimum atomic E-state index is -0.388. The average Bonchev–Trinajstić information content (AvgIpc) is 2.87. The van der Waals surface area contributed by atoms with Crippen LogP contribution in [-0.4, -0.2) is 32.4 Å². The molecule has 0 unspecified atom stereocenters. The van der Waals surface area contributed by atoms with E-state index < -0.39 is 0 Å². The summed E-state index contributed by atoms with van der Waals surface area (Å²) in [6.45, 7) is 6.67. The molecule has 0 aliphatic rings. The van der Waals surface area contributed by atoms with Gasteiger partial charge in [0.2, 0.25) is 0 Å². The van der Waals surface area contributed by atoms with Crippen molar-refractivity contribution in [3.05, 3.63) is 95.0 Å². The molecule has 3 aromatic carbocycles. The van der Waals surface area contributed by atoms with Gasteiger partial charge in [-0.05, 0) is 66.6 Å². The Balaban J connectivity index is 1.65. The first-order valence-electron chi connectivity index (χ1n) is 10.9. The summed E-state index contributed by atoms with van der Waals surface area (Å²) in [6, 6.07) is 17.8. The van der Waals surface area contributed by atoms with Crippen molar-refractivity contribution in [2.45, 2.75) is 13.5 Å². The highest BCUT2D eigenvalue weighted by Gasteiger charge is 2.11. The number of methoxy groups -OCH3 is 1. The number of amides is 1. The number of rotatable bonds is 12. The van der Waals surface area contributed by atoms with Crippen LogP contribution in [0.2, 0.25) is 5.02 Å². The topological polar surface area (TPSA) is 78.4 Å². The number of carbonyl (C=O) groups is 1. The van der Waals surface area contributed by atoms with Gasteiger partial charge >= 0.3 is 0 Å². The molecule has 0 spiro atoms. The van der Waals surface area contributed by atoms with Crippen molar-refractivity contribution in [2.24, 2.45) is 5.10 Å². The van der Waals surface area contributed by atoms with Crippen LogP contribution in [0, 0.1) is 0 Å². The summed E-state index contributed by atoms with van der Waals surface area (Å²) in [6.07, 6.45) is 3.16. The third-order valence-corrected chi connectivity index (χ3v) is 4.95. The van der Waals surface area contributed by atoms with Gasteiger partial charge in [-0.2, -0.15) is 5.10 Å². The Morgan fingerprint density at radius 1 is 1.00 bits per heavy atom. The number of nitrogens with one attached hydrogen (secondary N) is 1. The standard InChI is InChI=1S/C27H27ClN2O5/c1-4-13-34-23-12-10-21(16-25(23)32-3)27(31)30-29-17-19-9-11-24(26(15-19)33-5-2)35-18-20-7-6-8-22(28)14-20/h4,6-12,14-17H,1,5,13,18H2,2-3H3,(H,30,31)/b29-17+. The van der Waals surface area contributed by atoms with Crippen molar-refractivity contribution in [1.29, 1.82) is 0 Å². The molecule has 182 valence electrons. The van der Waals surface area contributed by atoms with Gasteiger partial charge in [-0.3, -0.25) is 4.79 Å². The molecule has 0 atom stereocenters. The third kappa shape index (κ3) is 7.52. The molecule has 0 heterocycles. The highest BCUT2D eigenvalue weighted by Crippen LogP contribution is 2.30. The monoisotopic (exact) mass is 494 g/mol. The Bertz CT molecular complexity index is 1200. The van der Waals surface area contributed by atoms with Gasteiger partial charge in [-0.1, -0.05) is 36.4 Å². The van der Waals surface area contributed by atoms with Gasteiger partial charge in [-0.15, -0.1) is 0 Å². The van der Waals surface area contributed by atoms with Gasteiger partial charge in [0, 0.05) is 10.6 Å². The summed E-state index contributed by atoms with van der Waals surface area (Å²) in [5, 5.41) is 4.71. The summed E-state index contributed by atoms with van der Waals surface area (Å²) in [5.41, 5.74) is 4.57. The molecule has 1 N–H and O–H groups in total. The maximum atomic E-state index is 12.5. The summed E-state index contributed by atoms with van der Waals surface area (Å²) in [7, 11) is 1.51. The number of ether oxygens (including phenoxy) is 4. The van der Waals surface area contributed by atoms with Crippen molar-refractivity contribution in [1.82, 2.24) is 5.43 Å². The van der Waals surface area contributed by atoms with Crippen molar-refractivity contribution >= 4 is 23.7 Å². The molecule has 7 nitrogen and oxygen atoms in total. The second kappa shape index (κ2) is 13.1. The second-order valence-electron chi connectivity index (χ2n) is 7.22. The van der Waals surface area contributed by atoms with Gasteiger partial charge in [0.25, 0.3) is 5.91 Å². The molecule has 3 aromatic rings. The number of hydrogen-bond acceptors (Lipinski definition) is 6. The lowest BCUT2D eigenvalue weighted by atomic mass is 10.2. The molecular weight excluding hydrogens is 468 g/mol. The lowest BCUT2D eigenvalue weighted by molar-refractivity contribution is 0.0954. The van der Waals surface area contributed by atoms with Crippen molar-refractivity contribution in [2.75, 3.05) is 20.3 Å². The minimum Gasteiger partial charge on any atom is -0.493 e. The fourth-order valence-corrected chi connectivity index (χ4v) is 3.30. The van der Waals surface area contributed by atoms with Crippen LogP contribution < -0.4 is 24.4 Å².